The van der Waals surface area contributed by atoms with Crippen molar-refractivity contribution in [1.29, 1.82) is 5.26 Å². The molecule has 1 amide bonds. The van der Waals surface area contributed by atoms with Gasteiger partial charge >= 0.3 is 0 Å². The molecule has 0 spiro atoms. The minimum absolute atomic E-state index is 0.213. The molecule has 0 atom stereocenters. The Morgan fingerprint density at radius 2 is 2.03 bits per heavy atom. The second-order valence-corrected chi connectivity index (χ2v) is 7.54. The molecular weight excluding hydrogens is 398 g/mol. The number of hydrogen-bond acceptors (Lipinski definition) is 6. The predicted octanol–water partition coefficient (Wildman–Crippen LogP) is 4.17. The van der Waals surface area contributed by atoms with Gasteiger partial charge in [-0.1, -0.05) is 23.9 Å². The number of fused-ring (bicyclic) bond motifs is 5. The summed E-state index contributed by atoms with van der Waals surface area (Å²) < 4.78 is 7.22. The summed E-state index contributed by atoms with van der Waals surface area (Å²) >= 11 is 1.34. The number of aromatic nitrogens is 3. The number of furan rings is 1. The van der Waals surface area contributed by atoms with Gasteiger partial charge in [0, 0.05) is 10.9 Å². The van der Waals surface area contributed by atoms with Gasteiger partial charge in [-0.2, -0.15) is 5.26 Å². The van der Waals surface area contributed by atoms with E-state index in [1.807, 2.05) is 34.7 Å². The van der Waals surface area contributed by atoms with Crippen molar-refractivity contribution >= 4 is 45.3 Å². The summed E-state index contributed by atoms with van der Waals surface area (Å²) in [5.41, 5.74) is 3.69. The van der Waals surface area contributed by atoms with Crippen molar-refractivity contribution in [3.05, 3.63) is 72.2 Å². The first-order chi connectivity index (χ1) is 14.7. The van der Waals surface area contributed by atoms with Crippen LogP contribution in [-0.2, 0) is 6.54 Å². The number of nitriles is 1. The zero-order valence-corrected chi connectivity index (χ0v) is 16.5. The number of carbonyl (C=O) groups excluding carboxylic acids is 1. The molecule has 3 heterocycles. The Balaban J connectivity index is 1.61. The lowest BCUT2D eigenvalue weighted by atomic mass is 10.1. The second kappa shape index (κ2) is 7.54. The number of benzene rings is 2. The SMILES string of the molecule is N#CCSc1nc2cc(C(=O)NCc3ccco3)ccc2c2nc3ccccc3n12. The average Bonchev–Trinajstić information content (AvgIpc) is 3.43. The van der Waals surface area contributed by atoms with Gasteiger partial charge in [0.2, 0.25) is 0 Å². The lowest BCUT2D eigenvalue weighted by Crippen LogP contribution is -2.22. The lowest BCUT2D eigenvalue weighted by Gasteiger charge is -2.09. The third-order valence-electron chi connectivity index (χ3n) is 4.74. The normalized spacial score (nSPS) is 11.2. The minimum atomic E-state index is -0.213. The summed E-state index contributed by atoms with van der Waals surface area (Å²) in [6.07, 6.45) is 1.57. The molecule has 0 fully saturated rings. The number of para-hydroxylation sites is 2. The topological polar surface area (TPSA) is 96.2 Å². The highest BCUT2D eigenvalue weighted by molar-refractivity contribution is 7.99. The molecule has 3 aromatic heterocycles. The molecule has 1 N–H and O–H groups in total. The van der Waals surface area contributed by atoms with E-state index >= 15 is 0 Å². The number of rotatable bonds is 5. The first kappa shape index (κ1) is 18.2. The molecule has 0 aliphatic carbocycles. The molecule has 0 unspecified atom stereocenters. The quantitative estimate of drug-likeness (QED) is 0.343. The molecule has 0 aliphatic rings. The van der Waals surface area contributed by atoms with Gasteiger partial charge in [-0.05, 0) is 42.5 Å². The molecule has 5 aromatic rings. The number of nitrogens with one attached hydrogen (secondary N) is 1. The van der Waals surface area contributed by atoms with Crippen molar-refractivity contribution in [2.24, 2.45) is 0 Å². The third-order valence-corrected chi connectivity index (χ3v) is 5.54. The molecule has 5 rings (SSSR count). The summed E-state index contributed by atoms with van der Waals surface area (Å²) in [4.78, 5) is 22.1. The van der Waals surface area contributed by atoms with Crippen LogP contribution in [0.3, 0.4) is 0 Å². The molecule has 0 bridgehead atoms. The van der Waals surface area contributed by atoms with Crippen LogP contribution in [0.4, 0.5) is 0 Å². The van der Waals surface area contributed by atoms with E-state index in [1.54, 1.807) is 30.5 Å². The molecule has 146 valence electrons. The Kier molecular flexibility index (Phi) is 4.58. The number of nitrogens with zero attached hydrogens (tertiary/aromatic N) is 4. The Morgan fingerprint density at radius 1 is 1.13 bits per heavy atom. The molecule has 0 radical (unpaired) electrons. The number of amides is 1. The van der Waals surface area contributed by atoms with E-state index in [0.29, 0.717) is 28.5 Å². The summed E-state index contributed by atoms with van der Waals surface area (Å²) in [7, 11) is 0. The smallest absolute Gasteiger partial charge is 0.251 e. The maximum absolute atomic E-state index is 12.6. The monoisotopic (exact) mass is 413 g/mol. The van der Waals surface area contributed by atoms with Gasteiger partial charge in [-0.3, -0.25) is 9.20 Å². The molecule has 30 heavy (non-hydrogen) atoms. The second-order valence-electron chi connectivity index (χ2n) is 6.59. The summed E-state index contributed by atoms with van der Waals surface area (Å²) in [6, 6.07) is 18.9. The van der Waals surface area contributed by atoms with Crippen LogP contribution in [-0.4, -0.2) is 26.0 Å². The Morgan fingerprint density at radius 3 is 2.87 bits per heavy atom. The zero-order valence-electron chi connectivity index (χ0n) is 15.7. The van der Waals surface area contributed by atoms with Crippen molar-refractivity contribution in [3.8, 4) is 6.07 Å². The highest BCUT2D eigenvalue weighted by Crippen LogP contribution is 2.29. The summed E-state index contributed by atoms with van der Waals surface area (Å²) in [5, 5.41) is 13.4. The zero-order chi connectivity index (χ0) is 20.5. The van der Waals surface area contributed by atoms with Crippen molar-refractivity contribution in [1.82, 2.24) is 19.7 Å². The number of thioether (sulfide) groups is 1. The fraction of sp³-hybridized carbons (Fsp3) is 0.0909. The first-order valence-corrected chi connectivity index (χ1v) is 10.2. The fourth-order valence-electron chi connectivity index (χ4n) is 3.38. The number of imidazole rings is 1. The van der Waals surface area contributed by atoms with E-state index in [4.69, 9.17) is 19.6 Å². The molecular formula is C22H15N5O2S. The standard InChI is InChI=1S/C22H15N5O2S/c23-9-11-30-22-26-18-12-14(21(28)24-13-15-4-3-10-29-15)7-8-16(18)20-25-17-5-1-2-6-19(17)27(20)22/h1-8,10,12H,11,13H2,(H,24,28). The molecule has 8 heteroatoms. The van der Waals surface area contributed by atoms with Gasteiger partial charge < -0.3 is 9.73 Å². The van der Waals surface area contributed by atoms with Crippen molar-refractivity contribution in [2.45, 2.75) is 11.7 Å². The van der Waals surface area contributed by atoms with Crippen LogP contribution < -0.4 is 5.32 Å². The van der Waals surface area contributed by atoms with Gasteiger partial charge in [0.05, 0.1) is 41.2 Å². The minimum Gasteiger partial charge on any atom is -0.467 e. The van der Waals surface area contributed by atoms with Crippen molar-refractivity contribution in [2.75, 3.05) is 5.75 Å². The maximum atomic E-state index is 12.6. The Labute approximate surface area is 175 Å². The van der Waals surface area contributed by atoms with Gasteiger partial charge in [0.15, 0.2) is 5.16 Å². The highest BCUT2D eigenvalue weighted by atomic mass is 32.2. The van der Waals surface area contributed by atoms with Gasteiger partial charge in [0.1, 0.15) is 11.4 Å². The molecule has 0 aliphatic heterocycles. The largest absolute Gasteiger partial charge is 0.467 e. The van der Waals surface area contributed by atoms with Crippen LogP contribution in [0.5, 0.6) is 0 Å². The van der Waals surface area contributed by atoms with Crippen LogP contribution in [0, 0.1) is 11.3 Å². The van der Waals surface area contributed by atoms with Crippen molar-refractivity contribution in [3.63, 3.8) is 0 Å². The van der Waals surface area contributed by atoms with Crippen molar-refractivity contribution < 1.29 is 9.21 Å². The predicted molar refractivity (Wildman–Crippen MR) is 114 cm³/mol. The molecule has 0 saturated heterocycles. The highest BCUT2D eigenvalue weighted by Gasteiger charge is 2.16. The molecule has 2 aromatic carbocycles. The van der Waals surface area contributed by atoms with Gasteiger partial charge in [-0.25, -0.2) is 9.97 Å². The van der Waals surface area contributed by atoms with Crippen LogP contribution in [0.1, 0.15) is 16.1 Å². The molecule has 0 saturated carbocycles. The summed E-state index contributed by atoms with van der Waals surface area (Å²) in [5.74, 6) is 0.738. The van der Waals surface area contributed by atoms with E-state index < -0.39 is 0 Å². The average molecular weight is 413 g/mol. The molecule has 7 nitrogen and oxygen atoms in total. The van der Waals surface area contributed by atoms with E-state index in [-0.39, 0.29) is 11.7 Å². The van der Waals surface area contributed by atoms with E-state index in [0.717, 1.165) is 22.1 Å². The van der Waals surface area contributed by atoms with E-state index in [9.17, 15) is 4.79 Å². The van der Waals surface area contributed by atoms with Crippen LogP contribution in [0.15, 0.2) is 70.4 Å². The van der Waals surface area contributed by atoms with E-state index in [2.05, 4.69) is 11.4 Å². The van der Waals surface area contributed by atoms with E-state index in [1.165, 1.54) is 11.8 Å². The Bertz CT molecular complexity index is 1430. The maximum Gasteiger partial charge on any atom is 0.251 e. The fourth-order valence-corrected chi connectivity index (χ4v) is 4.05. The summed E-state index contributed by atoms with van der Waals surface area (Å²) in [6.45, 7) is 0.311. The van der Waals surface area contributed by atoms with Gasteiger partial charge in [0.25, 0.3) is 5.91 Å². The van der Waals surface area contributed by atoms with Crippen LogP contribution >= 0.6 is 11.8 Å². The first-order valence-electron chi connectivity index (χ1n) is 9.26. The van der Waals surface area contributed by atoms with Crippen LogP contribution in [0.2, 0.25) is 0 Å². The lowest BCUT2D eigenvalue weighted by molar-refractivity contribution is 0.0948. The van der Waals surface area contributed by atoms with Crippen LogP contribution in [0.25, 0.3) is 27.6 Å². The number of hydrogen-bond donors (Lipinski definition) is 1. The van der Waals surface area contributed by atoms with Gasteiger partial charge in [-0.15, -0.1) is 0 Å². The Hall–Kier alpha value is -3.83. The number of carbonyl (C=O) groups is 1. The third kappa shape index (κ3) is 3.15.